The third-order valence-corrected chi connectivity index (χ3v) is 3.69. The zero-order chi connectivity index (χ0) is 12.7. The summed E-state index contributed by atoms with van der Waals surface area (Å²) in [6, 6.07) is 9.15. The molecule has 0 aliphatic heterocycles. The van der Waals surface area contributed by atoms with Crippen molar-refractivity contribution in [2.75, 3.05) is 0 Å². The van der Waals surface area contributed by atoms with Crippen molar-refractivity contribution in [1.29, 1.82) is 0 Å². The topological polar surface area (TPSA) is 71.8 Å². The van der Waals surface area contributed by atoms with Gasteiger partial charge in [-0.1, -0.05) is 17.4 Å². The molecule has 0 radical (unpaired) electrons. The van der Waals surface area contributed by atoms with Gasteiger partial charge >= 0.3 is 5.00 Å². The van der Waals surface area contributed by atoms with E-state index in [9.17, 15) is 10.1 Å². The van der Waals surface area contributed by atoms with Crippen LogP contribution in [0, 0.1) is 17.0 Å². The number of aromatic nitrogens is 2. The number of nitro groups is 1. The van der Waals surface area contributed by atoms with Crippen molar-refractivity contribution in [2.24, 2.45) is 0 Å². The van der Waals surface area contributed by atoms with E-state index in [0.29, 0.717) is 5.82 Å². The molecule has 0 bridgehead atoms. The molecule has 5 nitrogen and oxygen atoms in total. The molecule has 0 atom stereocenters. The maximum atomic E-state index is 10.6. The highest BCUT2D eigenvalue weighted by atomic mass is 32.1. The lowest BCUT2D eigenvalue weighted by molar-refractivity contribution is -0.380. The van der Waals surface area contributed by atoms with Gasteiger partial charge in [0.05, 0.1) is 20.8 Å². The van der Waals surface area contributed by atoms with Crippen LogP contribution >= 0.6 is 11.3 Å². The molecule has 2 aromatic heterocycles. The Hall–Kier alpha value is -2.21. The molecule has 90 valence electrons. The van der Waals surface area contributed by atoms with Crippen LogP contribution in [0.4, 0.5) is 5.00 Å². The average Bonchev–Trinajstić information content (AvgIpc) is 2.93. The quantitative estimate of drug-likeness (QED) is 0.565. The molecule has 6 heteroatoms. The zero-order valence-electron chi connectivity index (χ0n) is 9.51. The molecule has 0 aliphatic rings. The molecule has 0 spiro atoms. The number of H-pyrrole nitrogens is 1. The Morgan fingerprint density at radius 3 is 2.89 bits per heavy atom. The minimum atomic E-state index is -0.388. The summed E-state index contributed by atoms with van der Waals surface area (Å²) in [7, 11) is 0. The van der Waals surface area contributed by atoms with Crippen LogP contribution in [-0.4, -0.2) is 14.9 Å². The first-order valence-electron chi connectivity index (χ1n) is 5.34. The smallest absolute Gasteiger partial charge is 0.324 e. The molecule has 0 fully saturated rings. The first kappa shape index (κ1) is 10.9. The van der Waals surface area contributed by atoms with Gasteiger partial charge in [-0.05, 0) is 30.7 Å². The molecule has 1 aromatic carbocycles. The minimum Gasteiger partial charge on any atom is -0.337 e. The molecule has 3 aromatic rings. The second-order valence-electron chi connectivity index (χ2n) is 4.00. The molecule has 3 rings (SSSR count). The fourth-order valence-electron chi connectivity index (χ4n) is 1.79. The number of benzene rings is 1. The van der Waals surface area contributed by atoms with E-state index >= 15 is 0 Å². The SMILES string of the molecule is Cc1ccc2nc(-c3ccc([N+](=O)[O-])s3)[nH]c2c1. The van der Waals surface area contributed by atoms with Crippen LogP contribution < -0.4 is 0 Å². The first-order valence-corrected chi connectivity index (χ1v) is 6.16. The van der Waals surface area contributed by atoms with Crippen molar-refractivity contribution in [2.45, 2.75) is 6.92 Å². The molecule has 2 heterocycles. The van der Waals surface area contributed by atoms with E-state index in [1.807, 2.05) is 25.1 Å². The summed E-state index contributed by atoms with van der Waals surface area (Å²) in [4.78, 5) is 18.6. The molecule has 0 saturated heterocycles. The fourth-order valence-corrected chi connectivity index (χ4v) is 2.56. The number of imidazole rings is 1. The van der Waals surface area contributed by atoms with Crippen LogP contribution in [0.1, 0.15) is 5.56 Å². The van der Waals surface area contributed by atoms with E-state index in [-0.39, 0.29) is 9.92 Å². The van der Waals surface area contributed by atoms with Crippen molar-refractivity contribution in [1.82, 2.24) is 9.97 Å². The Morgan fingerprint density at radius 1 is 1.33 bits per heavy atom. The largest absolute Gasteiger partial charge is 0.337 e. The summed E-state index contributed by atoms with van der Waals surface area (Å²) in [6.45, 7) is 2.01. The van der Waals surface area contributed by atoms with Crippen molar-refractivity contribution in [3.8, 4) is 10.7 Å². The van der Waals surface area contributed by atoms with Crippen molar-refractivity contribution in [3.63, 3.8) is 0 Å². The second-order valence-corrected chi connectivity index (χ2v) is 5.06. The molecule has 0 amide bonds. The van der Waals surface area contributed by atoms with Gasteiger partial charge in [-0.15, -0.1) is 0 Å². The lowest BCUT2D eigenvalue weighted by Crippen LogP contribution is -1.80. The summed E-state index contributed by atoms with van der Waals surface area (Å²) in [5, 5.41) is 10.8. The van der Waals surface area contributed by atoms with E-state index < -0.39 is 0 Å². The molecule has 0 saturated carbocycles. The van der Waals surface area contributed by atoms with Gasteiger partial charge in [0.2, 0.25) is 0 Å². The third kappa shape index (κ3) is 1.76. The second kappa shape index (κ2) is 3.92. The number of hydrogen-bond acceptors (Lipinski definition) is 4. The van der Waals surface area contributed by atoms with Gasteiger partial charge in [-0.3, -0.25) is 10.1 Å². The van der Waals surface area contributed by atoms with E-state index in [0.717, 1.165) is 32.8 Å². The van der Waals surface area contributed by atoms with Crippen LogP contribution in [0.5, 0.6) is 0 Å². The Morgan fingerprint density at radius 2 is 2.17 bits per heavy atom. The summed E-state index contributed by atoms with van der Waals surface area (Å²) in [5.41, 5.74) is 2.96. The summed E-state index contributed by atoms with van der Waals surface area (Å²) >= 11 is 1.12. The van der Waals surface area contributed by atoms with Gasteiger partial charge in [0.25, 0.3) is 0 Å². The van der Waals surface area contributed by atoms with E-state index in [2.05, 4.69) is 9.97 Å². The van der Waals surface area contributed by atoms with Gasteiger partial charge in [0, 0.05) is 6.07 Å². The van der Waals surface area contributed by atoms with Gasteiger partial charge in [0.1, 0.15) is 5.82 Å². The van der Waals surface area contributed by atoms with Crippen molar-refractivity contribution >= 4 is 27.4 Å². The van der Waals surface area contributed by atoms with Gasteiger partial charge in [-0.25, -0.2) is 4.98 Å². The predicted octanol–water partition coefficient (Wildman–Crippen LogP) is 3.51. The Labute approximate surface area is 106 Å². The normalized spacial score (nSPS) is 10.9. The number of rotatable bonds is 2. The first-order chi connectivity index (χ1) is 8.63. The maximum absolute atomic E-state index is 10.6. The lowest BCUT2D eigenvalue weighted by Gasteiger charge is -1.89. The lowest BCUT2D eigenvalue weighted by atomic mass is 10.2. The van der Waals surface area contributed by atoms with Crippen LogP contribution in [0.3, 0.4) is 0 Å². The van der Waals surface area contributed by atoms with Crippen molar-refractivity contribution in [3.05, 3.63) is 46.0 Å². The number of nitrogens with one attached hydrogen (secondary N) is 1. The van der Waals surface area contributed by atoms with E-state index in [4.69, 9.17) is 0 Å². The molecule has 0 aliphatic carbocycles. The van der Waals surface area contributed by atoms with Crippen molar-refractivity contribution < 1.29 is 4.92 Å². The van der Waals surface area contributed by atoms with Crippen LogP contribution in [0.25, 0.3) is 21.7 Å². The number of aryl methyl sites for hydroxylation is 1. The minimum absolute atomic E-state index is 0.127. The fraction of sp³-hybridized carbons (Fsp3) is 0.0833. The van der Waals surface area contributed by atoms with E-state index in [1.54, 1.807) is 6.07 Å². The van der Waals surface area contributed by atoms with Crippen LogP contribution in [0.15, 0.2) is 30.3 Å². The molecular weight excluding hydrogens is 250 g/mol. The van der Waals surface area contributed by atoms with Gasteiger partial charge in [-0.2, -0.15) is 0 Å². The summed E-state index contributed by atoms with van der Waals surface area (Å²) in [5.74, 6) is 0.675. The molecule has 18 heavy (non-hydrogen) atoms. The average molecular weight is 259 g/mol. The Balaban J connectivity index is 2.10. The Bertz CT molecular complexity index is 745. The summed E-state index contributed by atoms with van der Waals surface area (Å²) in [6.07, 6.45) is 0. The number of hydrogen-bond donors (Lipinski definition) is 1. The highest BCUT2D eigenvalue weighted by Gasteiger charge is 2.13. The van der Waals surface area contributed by atoms with E-state index in [1.165, 1.54) is 6.07 Å². The van der Waals surface area contributed by atoms with Crippen LogP contribution in [-0.2, 0) is 0 Å². The van der Waals surface area contributed by atoms with Gasteiger partial charge in [0.15, 0.2) is 0 Å². The maximum Gasteiger partial charge on any atom is 0.324 e. The molecule has 1 N–H and O–H groups in total. The molecule has 0 unspecified atom stereocenters. The monoisotopic (exact) mass is 259 g/mol. The highest BCUT2D eigenvalue weighted by Crippen LogP contribution is 2.32. The Kier molecular flexibility index (Phi) is 2.38. The highest BCUT2D eigenvalue weighted by molar-refractivity contribution is 7.18. The number of nitrogens with zero attached hydrogens (tertiary/aromatic N) is 2. The standard InChI is InChI=1S/C12H9N3O2S/c1-7-2-3-8-9(6-7)14-12(13-8)10-4-5-11(18-10)15(16)17/h2-6H,1H3,(H,13,14). The predicted molar refractivity (Wildman–Crippen MR) is 70.8 cm³/mol. The van der Waals surface area contributed by atoms with Gasteiger partial charge < -0.3 is 4.98 Å². The third-order valence-electron chi connectivity index (χ3n) is 2.64. The zero-order valence-corrected chi connectivity index (χ0v) is 10.3. The molecular formula is C12H9N3O2S. The summed E-state index contributed by atoms with van der Waals surface area (Å²) < 4.78 is 0. The number of aromatic amines is 1. The van der Waals surface area contributed by atoms with Crippen LogP contribution in [0.2, 0.25) is 0 Å². The number of thiophene rings is 1. The number of fused-ring (bicyclic) bond motifs is 1.